The van der Waals surface area contributed by atoms with Gasteiger partial charge >= 0.3 is 5.97 Å². The zero-order valence-electron chi connectivity index (χ0n) is 7.51. The van der Waals surface area contributed by atoms with Crippen LogP contribution < -0.4 is 4.74 Å². The van der Waals surface area contributed by atoms with Gasteiger partial charge in [-0.05, 0) is 28.7 Å². The molecule has 0 atom stereocenters. The zero-order valence-corrected chi connectivity index (χ0v) is 9.66. The average molecular weight is 311 g/mol. The molecule has 1 aromatic rings. The normalized spacial score (nSPS) is 9.71. The Balaban J connectivity index is 3.27. The number of carbonyl (C=O) groups excluding carboxylic acids is 1. The van der Waals surface area contributed by atoms with Gasteiger partial charge in [0, 0.05) is 0 Å². The van der Waals surface area contributed by atoms with Crippen molar-refractivity contribution in [2.75, 3.05) is 14.2 Å². The highest BCUT2D eigenvalue weighted by Gasteiger charge is 2.17. The maximum atomic E-state index is 13.0. The van der Waals surface area contributed by atoms with Crippen molar-refractivity contribution in [3.63, 3.8) is 0 Å². The molecule has 1 rings (SSSR count). The second-order valence-electron chi connectivity index (χ2n) is 2.31. The van der Waals surface area contributed by atoms with E-state index in [1.807, 2.05) is 0 Å². The van der Waals surface area contributed by atoms with Crippen LogP contribution in [-0.2, 0) is 4.74 Å². The molecular formula is C8H7FINO3. The molecule has 0 aliphatic heterocycles. The lowest BCUT2D eigenvalue weighted by molar-refractivity contribution is 0.0596. The first kappa shape index (κ1) is 11.2. The summed E-state index contributed by atoms with van der Waals surface area (Å²) in [5, 5.41) is 0. The molecule has 4 nitrogen and oxygen atoms in total. The van der Waals surface area contributed by atoms with E-state index in [0.717, 1.165) is 0 Å². The van der Waals surface area contributed by atoms with Crippen LogP contribution in [0.4, 0.5) is 4.39 Å². The highest BCUT2D eigenvalue weighted by molar-refractivity contribution is 14.1. The Bertz CT molecular complexity index is 370. The molecule has 0 spiro atoms. The Labute approximate surface area is 93.6 Å². The summed E-state index contributed by atoms with van der Waals surface area (Å²) in [4.78, 5) is 14.7. The number of aromatic nitrogens is 1. The van der Waals surface area contributed by atoms with Gasteiger partial charge in [0.15, 0.2) is 0 Å². The number of halogens is 2. The fourth-order valence-electron chi connectivity index (χ4n) is 0.863. The van der Waals surface area contributed by atoms with Crippen LogP contribution in [0, 0.1) is 9.52 Å². The monoisotopic (exact) mass is 311 g/mol. The number of ether oxygens (including phenoxy) is 2. The molecule has 0 unspecified atom stereocenters. The van der Waals surface area contributed by atoms with Crippen LogP contribution in [0.25, 0.3) is 0 Å². The van der Waals surface area contributed by atoms with Gasteiger partial charge in [-0.15, -0.1) is 0 Å². The number of methoxy groups -OCH3 is 2. The molecule has 0 aliphatic rings. The molecule has 0 aromatic carbocycles. The number of nitrogens with zero attached hydrogens (tertiary/aromatic N) is 1. The van der Waals surface area contributed by atoms with Crippen LogP contribution >= 0.6 is 22.6 Å². The molecule has 0 amide bonds. The summed E-state index contributed by atoms with van der Waals surface area (Å²) in [6, 6.07) is 1.33. The largest absolute Gasteiger partial charge is 0.480 e. The van der Waals surface area contributed by atoms with Gasteiger partial charge in [-0.2, -0.15) is 9.37 Å². The fraction of sp³-hybridized carbons (Fsp3) is 0.250. The third kappa shape index (κ3) is 2.11. The predicted octanol–water partition coefficient (Wildman–Crippen LogP) is 1.62. The van der Waals surface area contributed by atoms with Crippen molar-refractivity contribution in [3.05, 3.63) is 21.1 Å². The Hall–Kier alpha value is -0.920. The van der Waals surface area contributed by atoms with Crippen molar-refractivity contribution in [3.8, 4) is 5.88 Å². The van der Waals surface area contributed by atoms with Crippen LogP contribution in [0.15, 0.2) is 6.07 Å². The van der Waals surface area contributed by atoms with E-state index in [1.165, 1.54) is 20.3 Å². The van der Waals surface area contributed by atoms with Gasteiger partial charge in [0.05, 0.1) is 17.8 Å². The quantitative estimate of drug-likeness (QED) is 0.473. The van der Waals surface area contributed by atoms with Gasteiger partial charge < -0.3 is 9.47 Å². The topological polar surface area (TPSA) is 48.4 Å². The van der Waals surface area contributed by atoms with Gasteiger partial charge in [-0.25, -0.2) is 4.79 Å². The van der Waals surface area contributed by atoms with Crippen LogP contribution in [0.1, 0.15) is 10.4 Å². The van der Waals surface area contributed by atoms with Crippen molar-refractivity contribution in [2.24, 2.45) is 0 Å². The van der Waals surface area contributed by atoms with E-state index in [0.29, 0.717) is 0 Å². The molecule has 76 valence electrons. The first-order valence-corrected chi connectivity index (χ1v) is 4.66. The van der Waals surface area contributed by atoms with Crippen LogP contribution in [0.5, 0.6) is 5.88 Å². The second-order valence-corrected chi connectivity index (χ2v) is 3.47. The lowest BCUT2D eigenvalue weighted by Crippen LogP contribution is -2.07. The summed E-state index contributed by atoms with van der Waals surface area (Å²) in [6.45, 7) is 0. The number of esters is 1. The van der Waals surface area contributed by atoms with Gasteiger partial charge in [-0.3, -0.25) is 0 Å². The summed E-state index contributed by atoms with van der Waals surface area (Å²) in [6.07, 6.45) is 0. The summed E-state index contributed by atoms with van der Waals surface area (Å²) >= 11 is 1.73. The molecule has 6 heteroatoms. The zero-order chi connectivity index (χ0) is 10.7. The van der Waals surface area contributed by atoms with Gasteiger partial charge in [-0.1, -0.05) is 0 Å². The molecule has 0 saturated heterocycles. The smallest absolute Gasteiger partial charge is 0.343 e. The first-order valence-electron chi connectivity index (χ1n) is 3.58. The number of carbonyl (C=O) groups is 1. The minimum Gasteiger partial charge on any atom is -0.480 e. The third-order valence-corrected chi connectivity index (χ3v) is 2.25. The van der Waals surface area contributed by atoms with E-state index in [9.17, 15) is 9.18 Å². The third-order valence-electron chi connectivity index (χ3n) is 1.50. The van der Waals surface area contributed by atoms with E-state index in [4.69, 9.17) is 4.74 Å². The Morgan fingerprint density at radius 2 is 2.21 bits per heavy atom. The molecule has 1 aromatic heterocycles. The molecule has 0 saturated carbocycles. The molecular weight excluding hydrogens is 304 g/mol. The average Bonchev–Trinajstić information content (AvgIpc) is 2.20. The summed E-state index contributed by atoms with van der Waals surface area (Å²) in [5.41, 5.74) is 0.112. The van der Waals surface area contributed by atoms with Crippen LogP contribution in [0.3, 0.4) is 0 Å². The lowest BCUT2D eigenvalue weighted by Gasteiger charge is -2.06. The first-order chi connectivity index (χ1) is 6.60. The van der Waals surface area contributed by atoms with E-state index in [2.05, 4.69) is 9.72 Å². The summed E-state index contributed by atoms with van der Waals surface area (Å²) in [7, 11) is 2.54. The molecule has 1 heterocycles. The molecule has 0 radical (unpaired) electrons. The minimum atomic E-state index is -0.671. The fourth-order valence-corrected chi connectivity index (χ4v) is 1.29. The standard InChI is InChI=1S/C8H7FINO3/c1-13-7-4(8(12)14-2)3-5(10)6(9)11-7/h3H,1-2H3. The van der Waals surface area contributed by atoms with Crippen LogP contribution in [-0.4, -0.2) is 25.2 Å². The number of pyridine rings is 1. The van der Waals surface area contributed by atoms with Crippen LogP contribution in [0.2, 0.25) is 0 Å². The van der Waals surface area contributed by atoms with Crippen molar-refractivity contribution in [1.29, 1.82) is 0 Å². The van der Waals surface area contributed by atoms with Gasteiger partial charge in [0.2, 0.25) is 11.8 Å². The van der Waals surface area contributed by atoms with Crippen molar-refractivity contribution >= 4 is 28.6 Å². The van der Waals surface area contributed by atoms with E-state index >= 15 is 0 Å². The highest BCUT2D eigenvalue weighted by Crippen LogP contribution is 2.20. The maximum Gasteiger partial charge on any atom is 0.343 e. The summed E-state index contributed by atoms with van der Waals surface area (Å²) in [5.74, 6) is -1.35. The molecule has 14 heavy (non-hydrogen) atoms. The van der Waals surface area contributed by atoms with Crippen molar-refractivity contribution in [2.45, 2.75) is 0 Å². The van der Waals surface area contributed by atoms with E-state index in [-0.39, 0.29) is 15.0 Å². The van der Waals surface area contributed by atoms with Crippen molar-refractivity contribution < 1.29 is 18.7 Å². The number of rotatable bonds is 2. The Morgan fingerprint density at radius 3 is 2.71 bits per heavy atom. The second kappa shape index (κ2) is 4.54. The van der Waals surface area contributed by atoms with Gasteiger partial charge in [0.1, 0.15) is 5.56 Å². The SMILES string of the molecule is COC(=O)c1cc(I)c(F)nc1OC. The Morgan fingerprint density at radius 1 is 1.57 bits per heavy atom. The minimum absolute atomic E-state index is 0.0743. The number of hydrogen-bond acceptors (Lipinski definition) is 4. The number of hydrogen-bond donors (Lipinski definition) is 0. The van der Waals surface area contributed by atoms with E-state index in [1.54, 1.807) is 22.6 Å². The van der Waals surface area contributed by atoms with E-state index < -0.39 is 11.9 Å². The molecule has 0 bridgehead atoms. The lowest BCUT2D eigenvalue weighted by atomic mass is 10.3. The Kier molecular flexibility index (Phi) is 3.62. The van der Waals surface area contributed by atoms with Crippen molar-refractivity contribution in [1.82, 2.24) is 4.98 Å². The highest BCUT2D eigenvalue weighted by atomic mass is 127. The maximum absolute atomic E-state index is 13.0. The predicted molar refractivity (Wildman–Crippen MR) is 54.8 cm³/mol. The summed E-state index contributed by atoms with van der Waals surface area (Å²) < 4.78 is 22.4. The molecule has 0 aliphatic carbocycles. The molecule has 0 N–H and O–H groups in total. The molecule has 0 fully saturated rings. The van der Waals surface area contributed by atoms with Gasteiger partial charge in [0.25, 0.3) is 0 Å².